The molecule has 198 valence electrons. The summed E-state index contributed by atoms with van der Waals surface area (Å²) in [6.45, 7) is 4.73. The highest BCUT2D eigenvalue weighted by atomic mass is 35.5. The molecule has 1 atom stereocenters. The summed E-state index contributed by atoms with van der Waals surface area (Å²) >= 11 is 5.80. The van der Waals surface area contributed by atoms with E-state index >= 15 is 0 Å². The first-order valence-electron chi connectivity index (χ1n) is 11.2. The highest BCUT2D eigenvalue weighted by Crippen LogP contribution is 2.34. The largest absolute Gasteiger partial charge is 0.476 e. The Hall–Kier alpha value is -4.19. The number of fused-ring (bicyclic) bond motifs is 1. The van der Waals surface area contributed by atoms with Gasteiger partial charge in [0, 0.05) is 29.2 Å². The average Bonchev–Trinajstić information content (AvgIpc) is 2.86. The van der Waals surface area contributed by atoms with E-state index in [1.807, 2.05) is 0 Å². The molecule has 9 nitrogen and oxygen atoms in total. The van der Waals surface area contributed by atoms with Gasteiger partial charge in [0.1, 0.15) is 17.4 Å². The van der Waals surface area contributed by atoms with Crippen LogP contribution in [0.15, 0.2) is 47.5 Å². The molecule has 0 aliphatic rings. The maximum Gasteiger partial charge on any atom is 0.417 e. The molecule has 0 unspecified atom stereocenters. The lowest BCUT2D eigenvalue weighted by molar-refractivity contribution is -0.137. The second kappa shape index (κ2) is 10.3. The number of halogens is 4. The summed E-state index contributed by atoms with van der Waals surface area (Å²) in [5, 5.41) is 12.3. The highest BCUT2D eigenvalue weighted by molar-refractivity contribution is 6.29. The van der Waals surface area contributed by atoms with Gasteiger partial charge < -0.3 is 15.2 Å². The molecule has 4 aromatic rings. The second-order valence-electron chi connectivity index (χ2n) is 8.46. The minimum absolute atomic E-state index is 0.0166. The number of carboxylic acid groups (broad SMARTS) is 1. The van der Waals surface area contributed by atoms with Crippen molar-refractivity contribution in [1.29, 1.82) is 0 Å². The molecule has 4 aromatic heterocycles. The normalized spacial score (nSPS) is 12.4. The van der Waals surface area contributed by atoms with Crippen LogP contribution in [0.4, 0.5) is 18.9 Å². The topological polar surface area (TPSA) is 119 Å². The Morgan fingerprint density at radius 2 is 1.97 bits per heavy atom. The lowest BCUT2D eigenvalue weighted by atomic mass is 10.1. The number of nitrogens with zero attached hydrogens (tertiary/aromatic N) is 4. The van der Waals surface area contributed by atoms with E-state index in [0.717, 1.165) is 16.0 Å². The van der Waals surface area contributed by atoms with E-state index in [9.17, 15) is 27.9 Å². The van der Waals surface area contributed by atoms with Gasteiger partial charge in [-0.25, -0.2) is 9.78 Å². The van der Waals surface area contributed by atoms with Crippen molar-refractivity contribution in [2.75, 3.05) is 5.32 Å². The number of pyridine rings is 3. The Morgan fingerprint density at radius 3 is 2.63 bits per heavy atom. The van der Waals surface area contributed by atoms with Crippen LogP contribution in [-0.4, -0.2) is 30.4 Å². The first-order chi connectivity index (χ1) is 17.9. The molecular formula is C25H21ClF3N5O4. The number of aromatic carboxylic acids is 1. The average molecular weight is 548 g/mol. The molecule has 0 saturated heterocycles. The number of hydrogen-bond acceptors (Lipinski definition) is 7. The molecular weight excluding hydrogens is 527 g/mol. The predicted molar refractivity (Wildman–Crippen MR) is 133 cm³/mol. The van der Waals surface area contributed by atoms with Crippen LogP contribution in [-0.2, 0) is 12.8 Å². The number of alkyl halides is 3. The first kappa shape index (κ1) is 26.9. The predicted octanol–water partition coefficient (Wildman–Crippen LogP) is 5.22. The van der Waals surface area contributed by atoms with E-state index in [-0.39, 0.29) is 40.1 Å². The summed E-state index contributed by atoms with van der Waals surface area (Å²) < 4.78 is 47.9. The monoisotopic (exact) mass is 547 g/mol. The Kier molecular flexibility index (Phi) is 7.27. The zero-order valence-corrected chi connectivity index (χ0v) is 21.1. The zero-order chi connectivity index (χ0) is 27.8. The van der Waals surface area contributed by atoms with Gasteiger partial charge in [-0.05, 0) is 45.0 Å². The number of carbonyl (C=O) groups is 1. The van der Waals surface area contributed by atoms with E-state index in [4.69, 9.17) is 16.3 Å². The summed E-state index contributed by atoms with van der Waals surface area (Å²) in [5.41, 5.74) is -0.868. The fourth-order valence-corrected chi connectivity index (χ4v) is 3.94. The standard InChI is InChI=1S/C25H21ClF3N5O4/c1-12-22(38-11-15-5-4-8-30-13(15)2)33-21-17(9-16(25(27,28)29)10-34(21)23(12)35)14(3)31-18-6-7-19(26)32-20(18)24(36)37/h4-10,14,31H,11H2,1-3H3,(H,36,37)/t14-/m1/s1. The van der Waals surface area contributed by atoms with Gasteiger partial charge in [0.15, 0.2) is 5.69 Å². The van der Waals surface area contributed by atoms with Crippen LogP contribution in [0.3, 0.4) is 0 Å². The molecule has 0 saturated carbocycles. The molecule has 0 fully saturated rings. The van der Waals surface area contributed by atoms with Crippen molar-refractivity contribution in [2.24, 2.45) is 0 Å². The van der Waals surface area contributed by atoms with Gasteiger partial charge in [0.2, 0.25) is 5.88 Å². The third-order valence-electron chi connectivity index (χ3n) is 5.84. The van der Waals surface area contributed by atoms with Gasteiger partial charge in [-0.3, -0.25) is 14.2 Å². The minimum Gasteiger partial charge on any atom is -0.476 e. The number of carboxylic acids is 1. The van der Waals surface area contributed by atoms with E-state index in [0.29, 0.717) is 11.9 Å². The number of rotatable bonds is 7. The third kappa shape index (κ3) is 5.40. The summed E-state index contributed by atoms with van der Waals surface area (Å²) in [6, 6.07) is 6.11. The lowest BCUT2D eigenvalue weighted by Gasteiger charge is -2.21. The van der Waals surface area contributed by atoms with Gasteiger partial charge in [0.05, 0.1) is 22.9 Å². The molecule has 2 N–H and O–H groups in total. The number of anilines is 1. The van der Waals surface area contributed by atoms with Crippen molar-refractivity contribution in [2.45, 2.75) is 39.6 Å². The van der Waals surface area contributed by atoms with Crippen LogP contribution in [0, 0.1) is 13.8 Å². The van der Waals surface area contributed by atoms with Crippen LogP contribution in [0.2, 0.25) is 5.15 Å². The Labute approximate surface area is 218 Å². The summed E-state index contributed by atoms with van der Waals surface area (Å²) in [6.07, 6.45) is -2.47. The molecule has 0 spiro atoms. The Balaban J connectivity index is 1.84. The van der Waals surface area contributed by atoms with Gasteiger partial charge in [-0.1, -0.05) is 17.7 Å². The van der Waals surface area contributed by atoms with Gasteiger partial charge in [0.25, 0.3) is 5.56 Å². The minimum atomic E-state index is -4.77. The van der Waals surface area contributed by atoms with E-state index in [1.54, 1.807) is 25.3 Å². The summed E-state index contributed by atoms with van der Waals surface area (Å²) in [4.78, 5) is 37.1. The summed E-state index contributed by atoms with van der Waals surface area (Å²) in [7, 11) is 0. The van der Waals surface area contributed by atoms with Gasteiger partial charge in [-0.15, -0.1) is 0 Å². The fourth-order valence-electron chi connectivity index (χ4n) is 3.79. The molecule has 0 aromatic carbocycles. The van der Waals surface area contributed by atoms with Crippen LogP contribution < -0.4 is 15.6 Å². The third-order valence-corrected chi connectivity index (χ3v) is 6.05. The number of ether oxygens (including phenoxy) is 1. The second-order valence-corrected chi connectivity index (χ2v) is 8.85. The van der Waals surface area contributed by atoms with Crippen molar-refractivity contribution in [3.63, 3.8) is 0 Å². The Morgan fingerprint density at radius 1 is 1.24 bits per heavy atom. The van der Waals surface area contributed by atoms with Crippen LogP contribution in [0.5, 0.6) is 5.88 Å². The smallest absolute Gasteiger partial charge is 0.417 e. The molecule has 0 radical (unpaired) electrons. The quantitative estimate of drug-likeness (QED) is 0.302. The molecule has 4 heterocycles. The van der Waals surface area contributed by atoms with E-state index < -0.39 is 35.0 Å². The highest BCUT2D eigenvalue weighted by Gasteiger charge is 2.33. The van der Waals surface area contributed by atoms with Gasteiger partial charge in [-0.2, -0.15) is 18.2 Å². The van der Waals surface area contributed by atoms with Crippen molar-refractivity contribution >= 4 is 28.9 Å². The van der Waals surface area contributed by atoms with Crippen LogP contribution in [0.25, 0.3) is 5.65 Å². The number of nitrogens with one attached hydrogen (secondary N) is 1. The molecule has 38 heavy (non-hydrogen) atoms. The van der Waals surface area contributed by atoms with Crippen molar-refractivity contribution in [3.05, 3.63) is 91.9 Å². The molecule has 13 heteroatoms. The molecule has 4 rings (SSSR count). The lowest BCUT2D eigenvalue weighted by Crippen LogP contribution is -2.24. The van der Waals surface area contributed by atoms with Gasteiger partial charge >= 0.3 is 12.1 Å². The first-order valence-corrected chi connectivity index (χ1v) is 11.6. The molecule has 0 aliphatic carbocycles. The zero-order valence-electron chi connectivity index (χ0n) is 20.3. The molecule has 0 aliphatic heterocycles. The van der Waals surface area contributed by atoms with Crippen molar-refractivity contribution in [1.82, 2.24) is 19.4 Å². The number of aryl methyl sites for hydroxylation is 1. The van der Waals surface area contributed by atoms with Crippen LogP contribution >= 0.6 is 11.6 Å². The number of hydrogen-bond donors (Lipinski definition) is 2. The van der Waals surface area contributed by atoms with E-state index in [1.165, 1.54) is 26.0 Å². The SMILES string of the molecule is Cc1ncccc1COc1nc2c([C@@H](C)Nc3ccc(Cl)nc3C(=O)O)cc(C(F)(F)F)cn2c(=O)c1C. The Bertz CT molecular complexity index is 1610. The van der Waals surface area contributed by atoms with Crippen molar-refractivity contribution < 1.29 is 27.8 Å². The maximum absolute atomic E-state index is 13.8. The summed E-state index contributed by atoms with van der Waals surface area (Å²) in [5.74, 6) is -1.44. The molecule has 0 amide bonds. The molecule has 0 bridgehead atoms. The van der Waals surface area contributed by atoms with Crippen molar-refractivity contribution in [3.8, 4) is 5.88 Å². The maximum atomic E-state index is 13.8. The fraction of sp³-hybridized carbons (Fsp3) is 0.240. The van der Waals surface area contributed by atoms with E-state index in [2.05, 4.69) is 20.3 Å². The number of aromatic nitrogens is 4. The van der Waals surface area contributed by atoms with Crippen LogP contribution in [0.1, 0.15) is 51.4 Å².